The molecule has 5 unspecified atom stereocenters. The summed E-state index contributed by atoms with van der Waals surface area (Å²) in [5.74, 6) is -2.18. The molecule has 0 saturated carbocycles. The molecule has 0 aliphatic carbocycles. The predicted molar refractivity (Wildman–Crippen MR) is 54.5 cm³/mol. The van der Waals surface area contributed by atoms with Crippen molar-refractivity contribution in [1.29, 1.82) is 0 Å². The van der Waals surface area contributed by atoms with Crippen molar-refractivity contribution in [3.63, 3.8) is 0 Å². The fourth-order valence-electron chi connectivity index (χ4n) is 1.26. The maximum Gasteiger partial charge on any atom is 0.332 e. The first-order valence-electron chi connectivity index (χ1n) is 4.96. The third-order valence-corrected chi connectivity index (χ3v) is 2.53. The number of nitrogens with two attached hydrogens (primary N) is 1. The van der Waals surface area contributed by atoms with E-state index in [0.29, 0.717) is 0 Å². The van der Waals surface area contributed by atoms with Crippen molar-refractivity contribution in [2.75, 3.05) is 6.54 Å². The number of carboxylic acids is 1. The summed E-state index contributed by atoms with van der Waals surface area (Å²) in [5, 5.41) is 45.6. The number of aliphatic hydroxyl groups is 4. The van der Waals surface area contributed by atoms with Crippen LogP contribution in [0.2, 0.25) is 0 Å². The molecule has 7 N–H and O–H groups in total. The maximum absolute atomic E-state index is 10.3. The fourth-order valence-corrected chi connectivity index (χ4v) is 1.26. The Bertz CT molecular complexity index is 224. The van der Waals surface area contributed by atoms with E-state index in [-0.39, 0.29) is 6.54 Å². The van der Waals surface area contributed by atoms with Crippen LogP contribution in [-0.2, 0) is 4.79 Å². The third-order valence-electron chi connectivity index (χ3n) is 2.53. The molecule has 0 aromatic rings. The molecule has 5 atom stereocenters. The van der Waals surface area contributed by atoms with Gasteiger partial charge < -0.3 is 31.3 Å². The van der Waals surface area contributed by atoms with E-state index in [1.165, 1.54) is 6.92 Å². The SMILES string of the molecule is CC(C(O)CN)C(O)C(O)CC(O)C(=O)O. The topological polar surface area (TPSA) is 144 Å². The highest BCUT2D eigenvalue weighted by Gasteiger charge is 2.30. The summed E-state index contributed by atoms with van der Waals surface area (Å²) in [5.41, 5.74) is 5.17. The summed E-state index contributed by atoms with van der Waals surface area (Å²) < 4.78 is 0. The third kappa shape index (κ3) is 4.42. The van der Waals surface area contributed by atoms with Gasteiger partial charge in [0.15, 0.2) is 6.10 Å². The Morgan fingerprint density at radius 1 is 1.19 bits per heavy atom. The van der Waals surface area contributed by atoms with E-state index in [4.69, 9.17) is 15.9 Å². The lowest BCUT2D eigenvalue weighted by molar-refractivity contribution is -0.150. The minimum Gasteiger partial charge on any atom is -0.479 e. The van der Waals surface area contributed by atoms with Crippen LogP contribution in [0, 0.1) is 5.92 Å². The zero-order chi connectivity index (χ0) is 12.9. The molecule has 0 fully saturated rings. The van der Waals surface area contributed by atoms with E-state index in [1.54, 1.807) is 0 Å². The average molecular weight is 237 g/mol. The van der Waals surface area contributed by atoms with Crippen molar-refractivity contribution in [1.82, 2.24) is 0 Å². The molecule has 16 heavy (non-hydrogen) atoms. The van der Waals surface area contributed by atoms with Crippen LogP contribution in [0.15, 0.2) is 0 Å². The highest BCUT2D eigenvalue weighted by Crippen LogP contribution is 2.15. The average Bonchev–Trinajstić information content (AvgIpc) is 2.25. The summed E-state index contributed by atoms with van der Waals surface area (Å²) in [4.78, 5) is 10.3. The van der Waals surface area contributed by atoms with Crippen LogP contribution in [0.25, 0.3) is 0 Å². The van der Waals surface area contributed by atoms with Gasteiger partial charge in [0.1, 0.15) is 0 Å². The van der Waals surface area contributed by atoms with Crippen LogP contribution in [0.1, 0.15) is 13.3 Å². The minimum atomic E-state index is -1.74. The molecular weight excluding hydrogens is 218 g/mol. The number of carbonyl (C=O) groups is 1. The Morgan fingerprint density at radius 3 is 2.06 bits per heavy atom. The molecule has 7 nitrogen and oxygen atoms in total. The van der Waals surface area contributed by atoms with Crippen molar-refractivity contribution >= 4 is 5.97 Å². The molecule has 0 aromatic carbocycles. The van der Waals surface area contributed by atoms with Gasteiger partial charge in [-0.1, -0.05) is 6.92 Å². The molecule has 0 heterocycles. The van der Waals surface area contributed by atoms with Crippen molar-refractivity contribution < 1.29 is 30.3 Å². The van der Waals surface area contributed by atoms with Gasteiger partial charge in [-0.25, -0.2) is 4.79 Å². The number of hydrogen-bond acceptors (Lipinski definition) is 6. The molecule has 7 heteroatoms. The zero-order valence-corrected chi connectivity index (χ0v) is 9.02. The molecule has 0 bridgehead atoms. The number of hydrogen-bond donors (Lipinski definition) is 6. The van der Waals surface area contributed by atoms with E-state index in [1.807, 2.05) is 0 Å². The molecule has 0 amide bonds. The summed E-state index contributed by atoms with van der Waals surface area (Å²) in [6, 6.07) is 0. The molecule has 0 aromatic heterocycles. The Morgan fingerprint density at radius 2 is 1.69 bits per heavy atom. The predicted octanol–water partition coefficient (Wildman–Crippen LogP) is -2.50. The van der Waals surface area contributed by atoms with E-state index in [9.17, 15) is 20.1 Å². The molecular formula is C9H19NO6. The zero-order valence-electron chi connectivity index (χ0n) is 9.02. The number of aliphatic hydroxyl groups excluding tert-OH is 4. The maximum atomic E-state index is 10.3. The number of carboxylic acid groups (broad SMARTS) is 1. The second kappa shape index (κ2) is 6.77. The highest BCUT2D eigenvalue weighted by atomic mass is 16.4. The lowest BCUT2D eigenvalue weighted by atomic mass is 9.91. The second-order valence-electron chi connectivity index (χ2n) is 3.81. The van der Waals surface area contributed by atoms with E-state index in [2.05, 4.69) is 0 Å². The largest absolute Gasteiger partial charge is 0.479 e. The van der Waals surface area contributed by atoms with Gasteiger partial charge >= 0.3 is 5.97 Å². The standard InChI is InChI=1S/C9H19NO6/c1-4(7(13)3-10)8(14)5(11)2-6(12)9(15)16/h4-8,11-14H,2-3,10H2,1H3,(H,15,16). The summed E-state index contributed by atoms with van der Waals surface area (Å²) in [6.07, 6.45) is -6.01. The highest BCUT2D eigenvalue weighted by molar-refractivity contribution is 5.71. The van der Waals surface area contributed by atoms with Gasteiger partial charge in [0.25, 0.3) is 0 Å². The van der Waals surface area contributed by atoms with E-state index >= 15 is 0 Å². The van der Waals surface area contributed by atoms with Crippen molar-refractivity contribution in [2.24, 2.45) is 11.7 Å². The van der Waals surface area contributed by atoms with Crippen molar-refractivity contribution in [3.05, 3.63) is 0 Å². The fraction of sp³-hybridized carbons (Fsp3) is 0.889. The monoisotopic (exact) mass is 237 g/mol. The molecule has 0 saturated heterocycles. The van der Waals surface area contributed by atoms with Crippen LogP contribution in [0.4, 0.5) is 0 Å². The lowest BCUT2D eigenvalue weighted by Gasteiger charge is -2.27. The lowest BCUT2D eigenvalue weighted by Crippen LogP contribution is -2.43. The van der Waals surface area contributed by atoms with Gasteiger partial charge in [0.2, 0.25) is 0 Å². The van der Waals surface area contributed by atoms with Gasteiger partial charge in [-0.05, 0) is 0 Å². The number of rotatable bonds is 7. The molecule has 96 valence electrons. The normalized spacial score (nSPS) is 20.9. The van der Waals surface area contributed by atoms with Gasteiger partial charge in [0.05, 0.1) is 18.3 Å². The summed E-state index contributed by atoms with van der Waals surface area (Å²) >= 11 is 0. The van der Waals surface area contributed by atoms with Gasteiger partial charge in [0, 0.05) is 18.9 Å². The van der Waals surface area contributed by atoms with E-state index in [0.717, 1.165) is 0 Å². The first kappa shape index (κ1) is 15.3. The quantitative estimate of drug-likeness (QED) is 0.287. The summed E-state index contributed by atoms with van der Waals surface area (Å²) in [6.45, 7) is 1.39. The summed E-state index contributed by atoms with van der Waals surface area (Å²) in [7, 11) is 0. The second-order valence-corrected chi connectivity index (χ2v) is 3.81. The van der Waals surface area contributed by atoms with E-state index < -0.39 is 42.7 Å². The van der Waals surface area contributed by atoms with Gasteiger partial charge in [-0.2, -0.15) is 0 Å². The first-order chi connectivity index (χ1) is 7.31. The van der Waals surface area contributed by atoms with Gasteiger partial charge in [-0.15, -0.1) is 0 Å². The van der Waals surface area contributed by atoms with Crippen LogP contribution < -0.4 is 5.73 Å². The smallest absolute Gasteiger partial charge is 0.332 e. The van der Waals surface area contributed by atoms with Crippen LogP contribution in [0.5, 0.6) is 0 Å². The Kier molecular flexibility index (Phi) is 6.46. The van der Waals surface area contributed by atoms with Gasteiger partial charge in [-0.3, -0.25) is 0 Å². The molecule has 0 aliphatic rings. The van der Waals surface area contributed by atoms with Crippen LogP contribution in [-0.4, -0.2) is 62.5 Å². The molecule has 0 aliphatic heterocycles. The Balaban J connectivity index is 4.27. The molecule has 0 radical (unpaired) electrons. The van der Waals surface area contributed by atoms with Crippen LogP contribution >= 0.6 is 0 Å². The number of aliphatic carboxylic acids is 1. The Labute approximate surface area is 93.1 Å². The molecule has 0 spiro atoms. The Hall–Kier alpha value is -0.730. The van der Waals surface area contributed by atoms with Crippen molar-refractivity contribution in [3.8, 4) is 0 Å². The molecule has 0 rings (SSSR count). The van der Waals surface area contributed by atoms with Crippen molar-refractivity contribution in [2.45, 2.75) is 37.8 Å². The minimum absolute atomic E-state index is 0.0770. The van der Waals surface area contributed by atoms with Crippen LogP contribution in [0.3, 0.4) is 0 Å². The first-order valence-corrected chi connectivity index (χ1v) is 4.96.